The number of aryl methyl sites for hydroxylation is 2. The molecule has 0 aliphatic carbocycles. The number of carbonyl (C=O) groups excluding carboxylic acids is 1. The minimum absolute atomic E-state index is 0.0690. The Morgan fingerprint density at radius 3 is 2.55 bits per heavy atom. The first-order chi connectivity index (χ1) is 16.0. The van der Waals surface area contributed by atoms with E-state index in [-0.39, 0.29) is 17.8 Å². The van der Waals surface area contributed by atoms with Crippen LogP contribution in [0.5, 0.6) is 0 Å². The van der Waals surface area contributed by atoms with Gasteiger partial charge in [0, 0.05) is 24.8 Å². The van der Waals surface area contributed by atoms with Gasteiger partial charge in [-0.25, -0.2) is 9.37 Å². The highest BCUT2D eigenvalue weighted by atomic mass is 19.1. The number of benzene rings is 1. The highest BCUT2D eigenvalue weighted by Gasteiger charge is 2.23. The summed E-state index contributed by atoms with van der Waals surface area (Å²) in [4.78, 5) is 22.0. The fourth-order valence-electron chi connectivity index (χ4n) is 3.65. The van der Waals surface area contributed by atoms with E-state index in [1.54, 1.807) is 4.90 Å². The predicted molar refractivity (Wildman–Crippen MR) is 137 cm³/mol. The quantitative estimate of drug-likeness (QED) is 0.490. The third-order valence-electron chi connectivity index (χ3n) is 5.22. The summed E-state index contributed by atoms with van der Waals surface area (Å²) in [5.41, 5.74) is 3.46. The molecule has 0 spiro atoms. The van der Waals surface area contributed by atoms with Gasteiger partial charge in [-0.2, -0.15) is 4.98 Å². The summed E-state index contributed by atoms with van der Waals surface area (Å²) in [7, 11) is 0. The molecule has 6 nitrogen and oxygen atoms in total. The summed E-state index contributed by atoms with van der Waals surface area (Å²) >= 11 is 0. The smallest absolute Gasteiger partial charge is 0.246 e. The van der Waals surface area contributed by atoms with Gasteiger partial charge in [0.25, 0.3) is 0 Å². The Morgan fingerprint density at radius 1 is 1.21 bits per heavy atom. The van der Waals surface area contributed by atoms with Crippen molar-refractivity contribution in [3.05, 3.63) is 54.0 Å². The van der Waals surface area contributed by atoms with Crippen LogP contribution in [0.4, 0.5) is 21.8 Å². The number of amides is 1. The van der Waals surface area contributed by atoms with Crippen LogP contribution in [0.3, 0.4) is 0 Å². The number of halogens is 1. The molecule has 1 aliphatic rings. The summed E-state index contributed by atoms with van der Waals surface area (Å²) in [6, 6.07) is 6.09. The molecule has 2 heterocycles. The molecule has 2 aromatic rings. The van der Waals surface area contributed by atoms with Gasteiger partial charge in [-0.3, -0.25) is 4.79 Å². The molecule has 3 rings (SSSR count). The predicted octanol–water partition coefficient (Wildman–Crippen LogP) is 6.13. The maximum atomic E-state index is 14.3. The van der Waals surface area contributed by atoms with Crippen LogP contribution in [0, 0.1) is 5.82 Å². The van der Waals surface area contributed by atoms with Crippen molar-refractivity contribution in [2.75, 3.05) is 23.7 Å². The van der Waals surface area contributed by atoms with Crippen LogP contribution in [-0.4, -0.2) is 39.9 Å². The van der Waals surface area contributed by atoms with Crippen LogP contribution in [-0.2, 0) is 17.6 Å². The molecule has 1 unspecified atom stereocenters. The Kier molecular flexibility index (Phi) is 12.7. The Bertz CT molecular complexity index is 887. The van der Waals surface area contributed by atoms with Gasteiger partial charge in [-0.1, -0.05) is 54.2 Å². The number of nitrogens with zero attached hydrogens (tertiary/aromatic N) is 3. The second-order valence-corrected chi connectivity index (χ2v) is 7.18. The van der Waals surface area contributed by atoms with Crippen molar-refractivity contribution in [1.29, 1.82) is 0 Å². The van der Waals surface area contributed by atoms with Crippen LogP contribution in [0.2, 0.25) is 0 Å². The van der Waals surface area contributed by atoms with Crippen LogP contribution in [0.15, 0.2) is 37.1 Å². The molecular formula is C26H40FN5O. The molecule has 2 N–H and O–H groups in total. The van der Waals surface area contributed by atoms with Crippen molar-refractivity contribution in [1.82, 2.24) is 14.9 Å². The maximum Gasteiger partial charge on any atom is 0.246 e. The summed E-state index contributed by atoms with van der Waals surface area (Å²) in [6.45, 7) is 17.0. The third-order valence-corrected chi connectivity index (χ3v) is 5.22. The van der Waals surface area contributed by atoms with Gasteiger partial charge in [0.2, 0.25) is 11.9 Å². The van der Waals surface area contributed by atoms with Crippen LogP contribution in [0.25, 0.3) is 0 Å². The lowest BCUT2D eigenvalue weighted by Gasteiger charge is -2.32. The molecule has 1 saturated heterocycles. The fraction of sp³-hybridized carbons (Fsp3) is 0.500. The lowest BCUT2D eigenvalue weighted by Crippen LogP contribution is -2.44. The van der Waals surface area contributed by atoms with Crippen molar-refractivity contribution in [2.45, 2.75) is 73.3 Å². The van der Waals surface area contributed by atoms with E-state index in [1.165, 1.54) is 17.2 Å². The number of hydrogen-bond acceptors (Lipinski definition) is 5. The summed E-state index contributed by atoms with van der Waals surface area (Å²) in [5, 5.41) is 6.30. The second-order valence-electron chi connectivity index (χ2n) is 7.18. The molecule has 1 aromatic carbocycles. The molecule has 1 aromatic heterocycles. The normalized spacial score (nSPS) is 14.8. The van der Waals surface area contributed by atoms with E-state index in [0.29, 0.717) is 19.0 Å². The summed E-state index contributed by atoms with van der Waals surface area (Å²) < 4.78 is 14.3. The fourth-order valence-corrected chi connectivity index (χ4v) is 3.65. The standard InChI is InChI=1S/C22H28FN5O.2C2H6/c1-4-15-9-10-17(12-16(15)5-2)26-22-24-13-19(23)21(27-22)25-18-8-7-11-28(14-18)20(29)6-3;2*1-2/h6,9-10,12-13,18H,3-5,7-8,11,14H2,1-2H3,(H2,24,25,26,27);2*1-2H3. The van der Waals surface area contributed by atoms with Crippen LogP contribution < -0.4 is 10.6 Å². The molecule has 33 heavy (non-hydrogen) atoms. The Morgan fingerprint density at radius 2 is 1.91 bits per heavy atom. The van der Waals surface area contributed by atoms with E-state index in [2.05, 4.69) is 53.2 Å². The lowest BCUT2D eigenvalue weighted by atomic mass is 10.0. The monoisotopic (exact) mass is 457 g/mol. The van der Waals surface area contributed by atoms with E-state index in [4.69, 9.17) is 0 Å². The minimum Gasteiger partial charge on any atom is -0.363 e. The molecule has 1 fully saturated rings. The molecule has 182 valence electrons. The van der Waals surface area contributed by atoms with E-state index in [1.807, 2.05) is 33.8 Å². The number of piperidine rings is 1. The first-order valence-corrected chi connectivity index (χ1v) is 12.1. The average Bonchev–Trinajstić information content (AvgIpc) is 2.88. The van der Waals surface area contributed by atoms with E-state index < -0.39 is 5.82 Å². The van der Waals surface area contributed by atoms with Crippen molar-refractivity contribution >= 4 is 23.4 Å². The zero-order chi connectivity index (χ0) is 24.8. The van der Waals surface area contributed by atoms with E-state index in [0.717, 1.165) is 37.6 Å². The lowest BCUT2D eigenvalue weighted by molar-refractivity contribution is -0.127. The third kappa shape index (κ3) is 8.15. The van der Waals surface area contributed by atoms with Crippen molar-refractivity contribution < 1.29 is 9.18 Å². The number of nitrogens with one attached hydrogen (secondary N) is 2. The van der Waals surface area contributed by atoms with Crippen LogP contribution >= 0.6 is 0 Å². The molecule has 0 radical (unpaired) electrons. The summed E-state index contributed by atoms with van der Waals surface area (Å²) in [6.07, 6.45) is 6.08. The van der Waals surface area contributed by atoms with Crippen molar-refractivity contribution in [3.63, 3.8) is 0 Å². The molecule has 7 heteroatoms. The highest BCUT2D eigenvalue weighted by molar-refractivity contribution is 5.87. The number of rotatable bonds is 7. The maximum absolute atomic E-state index is 14.3. The summed E-state index contributed by atoms with van der Waals surface area (Å²) in [5.74, 6) is -0.154. The van der Waals surface area contributed by atoms with Gasteiger partial charge in [-0.15, -0.1) is 0 Å². The van der Waals surface area contributed by atoms with Gasteiger partial charge in [0.05, 0.1) is 6.20 Å². The first-order valence-electron chi connectivity index (χ1n) is 12.1. The topological polar surface area (TPSA) is 70.2 Å². The number of likely N-dealkylation sites (tertiary alicyclic amines) is 1. The molecule has 1 atom stereocenters. The molecule has 1 amide bonds. The number of carbonyl (C=O) groups is 1. The number of aromatic nitrogens is 2. The minimum atomic E-state index is -0.515. The Balaban J connectivity index is 0.00000129. The number of anilines is 3. The van der Waals surface area contributed by atoms with Crippen LogP contribution in [0.1, 0.15) is 65.5 Å². The van der Waals surface area contributed by atoms with Gasteiger partial charge in [0.1, 0.15) is 0 Å². The van der Waals surface area contributed by atoms with Crippen molar-refractivity contribution in [3.8, 4) is 0 Å². The molecule has 0 saturated carbocycles. The van der Waals surface area contributed by atoms with E-state index in [9.17, 15) is 9.18 Å². The van der Waals surface area contributed by atoms with Gasteiger partial charge >= 0.3 is 0 Å². The van der Waals surface area contributed by atoms with Gasteiger partial charge < -0.3 is 15.5 Å². The molecular weight excluding hydrogens is 417 g/mol. The average molecular weight is 458 g/mol. The SMILES string of the molecule is C=CC(=O)N1CCCC(Nc2nc(Nc3ccc(CC)c(CC)c3)ncc2F)C1.CC.CC. The number of hydrogen-bond donors (Lipinski definition) is 2. The molecule has 1 aliphatic heterocycles. The van der Waals surface area contributed by atoms with Crippen molar-refractivity contribution in [2.24, 2.45) is 0 Å². The molecule has 0 bridgehead atoms. The van der Waals surface area contributed by atoms with Gasteiger partial charge in [0.15, 0.2) is 11.6 Å². The largest absolute Gasteiger partial charge is 0.363 e. The zero-order valence-corrected chi connectivity index (χ0v) is 21.0. The first kappa shape index (κ1) is 28.1. The zero-order valence-electron chi connectivity index (χ0n) is 21.0. The van der Waals surface area contributed by atoms with E-state index >= 15 is 0 Å². The Hall–Kier alpha value is -2.96. The van der Waals surface area contributed by atoms with Gasteiger partial charge in [-0.05, 0) is 55.0 Å². The highest BCUT2D eigenvalue weighted by Crippen LogP contribution is 2.22. The second kappa shape index (κ2) is 15.0. The Labute approximate surface area is 198 Å².